The predicted molar refractivity (Wildman–Crippen MR) is 115 cm³/mol. The average Bonchev–Trinajstić information content (AvgIpc) is 2.69. The Labute approximate surface area is 165 Å². The highest BCUT2D eigenvalue weighted by Crippen LogP contribution is 2.26. The normalized spacial score (nSPS) is 11.0. The molecule has 0 aliphatic heterocycles. The molecule has 4 heteroatoms. The van der Waals surface area contributed by atoms with Crippen LogP contribution in [0.25, 0.3) is 5.57 Å². The molecule has 0 atom stereocenters. The van der Waals surface area contributed by atoms with E-state index in [0.717, 1.165) is 44.2 Å². The lowest BCUT2D eigenvalue weighted by atomic mass is 9.97. The minimum absolute atomic E-state index is 0.0875. The Kier molecular flexibility index (Phi) is 19.1. The quantitative estimate of drug-likeness (QED) is 0.338. The highest BCUT2D eigenvalue weighted by Gasteiger charge is 2.05. The van der Waals surface area contributed by atoms with E-state index < -0.39 is 0 Å². The number of hydrogen-bond acceptors (Lipinski definition) is 4. The Balaban J connectivity index is 0. The summed E-state index contributed by atoms with van der Waals surface area (Å²) >= 11 is 0. The van der Waals surface area contributed by atoms with Gasteiger partial charge in [0, 0.05) is 13.7 Å². The number of carbonyl (C=O) groups excluding carboxylic acids is 1. The van der Waals surface area contributed by atoms with Crippen LogP contribution in [-0.2, 0) is 9.53 Å². The molecule has 1 N–H and O–H groups in total. The molecule has 0 unspecified atom stereocenters. The Hall–Kier alpha value is -1.91. The monoisotopic (exact) mass is 378 g/mol. The van der Waals surface area contributed by atoms with Gasteiger partial charge in [0.15, 0.2) is 6.29 Å². The van der Waals surface area contributed by atoms with Crippen LogP contribution in [-0.4, -0.2) is 38.3 Å². The van der Waals surface area contributed by atoms with Crippen molar-refractivity contribution < 1.29 is 19.4 Å². The SMILES string of the molecule is CC.CC/C=C(\C=C(\C)COCCC)c1ccc(OCC=O)cc1C.CO. The molecular formula is C23H38O4. The second kappa shape index (κ2) is 18.9. The molecule has 0 amide bonds. The van der Waals surface area contributed by atoms with Crippen LogP contribution in [0.3, 0.4) is 0 Å². The van der Waals surface area contributed by atoms with Crippen molar-refractivity contribution in [2.45, 2.75) is 54.4 Å². The van der Waals surface area contributed by atoms with Crippen LogP contribution in [0.4, 0.5) is 0 Å². The topological polar surface area (TPSA) is 55.8 Å². The summed E-state index contributed by atoms with van der Waals surface area (Å²) in [4.78, 5) is 10.4. The zero-order chi connectivity index (χ0) is 21.1. The molecule has 1 aromatic carbocycles. The first kappa shape index (κ1) is 27.3. The Bertz CT molecular complexity index is 559. The summed E-state index contributed by atoms with van der Waals surface area (Å²) in [5, 5.41) is 7.00. The van der Waals surface area contributed by atoms with E-state index in [0.29, 0.717) is 6.61 Å². The van der Waals surface area contributed by atoms with E-state index in [1.807, 2.05) is 32.0 Å². The number of aryl methyl sites for hydroxylation is 1. The van der Waals surface area contributed by atoms with Crippen LogP contribution in [0.1, 0.15) is 58.6 Å². The second-order valence-corrected chi connectivity index (χ2v) is 5.57. The maximum atomic E-state index is 10.4. The third kappa shape index (κ3) is 12.2. The van der Waals surface area contributed by atoms with E-state index in [4.69, 9.17) is 14.6 Å². The number of carbonyl (C=O) groups is 1. The van der Waals surface area contributed by atoms with Gasteiger partial charge in [0.2, 0.25) is 0 Å². The molecule has 0 heterocycles. The fraction of sp³-hybridized carbons (Fsp3) is 0.522. The van der Waals surface area contributed by atoms with Crippen LogP contribution in [0.15, 0.2) is 35.9 Å². The standard InChI is InChI=1S/C20H28O3.C2H6.CH4O/c1-5-7-18(13-16(3)15-22-11-6-2)20-9-8-19(14-17(20)4)23-12-10-21;2*1-2/h7-10,13-14H,5-6,11-12,15H2,1-4H3;1-2H3;2H,1H3/b16-13-,18-7+;;. The Morgan fingerprint density at radius 1 is 1.19 bits per heavy atom. The summed E-state index contributed by atoms with van der Waals surface area (Å²) in [6.07, 6.45) is 7.17. The van der Waals surface area contributed by atoms with Gasteiger partial charge in [-0.1, -0.05) is 45.9 Å². The van der Waals surface area contributed by atoms with E-state index >= 15 is 0 Å². The molecule has 0 radical (unpaired) electrons. The first-order chi connectivity index (χ1) is 13.1. The van der Waals surface area contributed by atoms with Crippen LogP contribution in [0.5, 0.6) is 5.75 Å². The van der Waals surface area contributed by atoms with Gasteiger partial charge in [-0.3, -0.25) is 4.79 Å². The van der Waals surface area contributed by atoms with Crippen LogP contribution < -0.4 is 4.74 Å². The number of aliphatic hydroxyl groups excluding tert-OH is 1. The smallest absolute Gasteiger partial charge is 0.157 e. The van der Waals surface area contributed by atoms with Crippen molar-refractivity contribution in [3.63, 3.8) is 0 Å². The molecule has 0 saturated carbocycles. The summed E-state index contributed by atoms with van der Waals surface area (Å²) in [6.45, 7) is 13.9. The van der Waals surface area contributed by atoms with Gasteiger partial charge in [-0.2, -0.15) is 0 Å². The van der Waals surface area contributed by atoms with Crippen molar-refractivity contribution in [2.24, 2.45) is 0 Å². The van der Waals surface area contributed by atoms with Gasteiger partial charge in [0.05, 0.1) is 6.61 Å². The molecule has 27 heavy (non-hydrogen) atoms. The average molecular weight is 379 g/mol. The summed E-state index contributed by atoms with van der Waals surface area (Å²) in [5.74, 6) is 0.723. The number of benzene rings is 1. The second-order valence-electron chi connectivity index (χ2n) is 5.57. The molecule has 1 aromatic rings. The van der Waals surface area contributed by atoms with Crippen molar-refractivity contribution in [1.82, 2.24) is 0 Å². The van der Waals surface area contributed by atoms with Gasteiger partial charge in [0.1, 0.15) is 12.4 Å². The van der Waals surface area contributed by atoms with Crippen LogP contribution in [0, 0.1) is 6.92 Å². The summed E-state index contributed by atoms with van der Waals surface area (Å²) in [7, 11) is 1.00. The van der Waals surface area contributed by atoms with Gasteiger partial charge in [-0.25, -0.2) is 0 Å². The summed E-state index contributed by atoms with van der Waals surface area (Å²) in [5.41, 5.74) is 4.72. The summed E-state index contributed by atoms with van der Waals surface area (Å²) < 4.78 is 11.0. The van der Waals surface area contributed by atoms with Crippen molar-refractivity contribution in [3.8, 4) is 5.75 Å². The highest BCUT2D eigenvalue weighted by atomic mass is 16.5. The van der Waals surface area contributed by atoms with Crippen molar-refractivity contribution >= 4 is 11.9 Å². The number of ether oxygens (including phenoxy) is 2. The molecule has 0 saturated heterocycles. The molecule has 0 aliphatic rings. The van der Waals surface area contributed by atoms with E-state index in [1.54, 1.807) is 0 Å². The zero-order valence-corrected chi connectivity index (χ0v) is 18.2. The van der Waals surface area contributed by atoms with Gasteiger partial charge in [-0.05, 0) is 61.1 Å². The molecule has 0 fully saturated rings. The Morgan fingerprint density at radius 2 is 1.85 bits per heavy atom. The van der Waals surface area contributed by atoms with E-state index in [1.165, 1.54) is 16.7 Å². The largest absolute Gasteiger partial charge is 0.486 e. The number of rotatable bonds is 10. The molecule has 0 bridgehead atoms. The first-order valence-corrected chi connectivity index (χ1v) is 9.69. The van der Waals surface area contributed by atoms with Crippen LogP contribution in [0.2, 0.25) is 0 Å². The van der Waals surface area contributed by atoms with E-state index in [-0.39, 0.29) is 6.61 Å². The molecule has 0 spiro atoms. The fourth-order valence-corrected chi connectivity index (χ4v) is 2.33. The van der Waals surface area contributed by atoms with Crippen molar-refractivity contribution in [3.05, 3.63) is 47.1 Å². The lowest BCUT2D eigenvalue weighted by Crippen LogP contribution is -1.99. The number of aliphatic hydroxyl groups is 1. The Morgan fingerprint density at radius 3 is 2.37 bits per heavy atom. The fourth-order valence-electron chi connectivity index (χ4n) is 2.33. The first-order valence-electron chi connectivity index (χ1n) is 9.69. The lowest BCUT2D eigenvalue weighted by Gasteiger charge is -2.11. The number of hydrogen-bond donors (Lipinski definition) is 1. The summed E-state index contributed by atoms with van der Waals surface area (Å²) in [6, 6.07) is 5.93. The lowest BCUT2D eigenvalue weighted by molar-refractivity contribution is -0.109. The van der Waals surface area contributed by atoms with Gasteiger partial charge < -0.3 is 14.6 Å². The van der Waals surface area contributed by atoms with Gasteiger partial charge in [0.25, 0.3) is 0 Å². The van der Waals surface area contributed by atoms with Crippen molar-refractivity contribution in [2.75, 3.05) is 26.9 Å². The predicted octanol–water partition coefficient (Wildman–Crippen LogP) is 5.37. The zero-order valence-electron chi connectivity index (χ0n) is 18.2. The maximum Gasteiger partial charge on any atom is 0.157 e. The van der Waals surface area contributed by atoms with E-state index in [2.05, 4.69) is 39.8 Å². The number of allylic oxidation sites excluding steroid dienone is 3. The third-order valence-corrected chi connectivity index (χ3v) is 3.33. The molecule has 0 aliphatic carbocycles. The number of aldehydes is 1. The molecule has 0 aromatic heterocycles. The minimum atomic E-state index is 0.0875. The maximum absolute atomic E-state index is 10.4. The molecule has 4 nitrogen and oxygen atoms in total. The highest BCUT2D eigenvalue weighted by molar-refractivity contribution is 5.77. The van der Waals surface area contributed by atoms with E-state index in [9.17, 15) is 4.79 Å². The molecular weight excluding hydrogens is 340 g/mol. The van der Waals surface area contributed by atoms with Gasteiger partial charge >= 0.3 is 0 Å². The third-order valence-electron chi connectivity index (χ3n) is 3.33. The molecule has 154 valence electrons. The van der Waals surface area contributed by atoms with Gasteiger partial charge in [-0.15, -0.1) is 0 Å². The van der Waals surface area contributed by atoms with Crippen LogP contribution >= 0.6 is 0 Å². The minimum Gasteiger partial charge on any atom is -0.486 e. The molecule has 1 rings (SSSR count). The van der Waals surface area contributed by atoms with Crippen molar-refractivity contribution in [1.29, 1.82) is 0 Å².